The van der Waals surface area contributed by atoms with Gasteiger partial charge in [0.25, 0.3) is 0 Å². The molecule has 0 radical (unpaired) electrons. The molecular weight excluding hydrogens is 574 g/mol. The fourth-order valence-electron chi connectivity index (χ4n) is 6.36. The lowest BCUT2D eigenvalue weighted by molar-refractivity contribution is -0.141. The fraction of sp³-hybridized carbons (Fsp3) is 0.371. The Hall–Kier alpha value is -4.86. The van der Waals surface area contributed by atoms with E-state index in [9.17, 15) is 9.59 Å². The van der Waals surface area contributed by atoms with Crippen molar-refractivity contribution in [2.45, 2.75) is 57.2 Å². The van der Waals surface area contributed by atoms with E-state index >= 15 is 0 Å². The molecule has 0 bridgehead atoms. The van der Waals surface area contributed by atoms with Crippen LogP contribution in [-0.4, -0.2) is 55.9 Å². The lowest BCUT2D eigenvalue weighted by Crippen LogP contribution is -2.47. The van der Waals surface area contributed by atoms with Crippen LogP contribution in [0.4, 0.5) is 0 Å². The number of hydrogen-bond donors (Lipinski definition) is 2. The van der Waals surface area contributed by atoms with Gasteiger partial charge in [-0.2, -0.15) is 0 Å². The number of carbonyl (C=O) groups excluding carboxylic acids is 2. The quantitative estimate of drug-likeness (QED) is 0.224. The van der Waals surface area contributed by atoms with Gasteiger partial charge in [0.2, 0.25) is 24.4 Å². The third-order valence-electron chi connectivity index (χ3n) is 8.64. The van der Waals surface area contributed by atoms with E-state index in [2.05, 4.69) is 10.3 Å². The summed E-state index contributed by atoms with van der Waals surface area (Å²) in [6.07, 6.45) is 7.02. The van der Waals surface area contributed by atoms with Crippen molar-refractivity contribution in [2.75, 3.05) is 28.1 Å². The van der Waals surface area contributed by atoms with Crippen LogP contribution in [0.2, 0.25) is 0 Å². The summed E-state index contributed by atoms with van der Waals surface area (Å²) in [6, 6.07) is 16.0. The summed E-state index contributed by atoms with van der Waals surface area (Å²) in [5.74, 6) is 1.98. The zero-order chi connectivity index (χ0) is 31.3. The van der Waals surface area contributed by atoms with Crippen molar-refractivity contribution in [1.29, 1.82) is 0 Å². The molecule has 10 nitrogen and oxygen atoms in total. The number of carbonyl (C=O) groups is 2. The molecule has 1 fully saturated rings. The molecule has 2 heterocycles. The van der Waals surface area contributed by atoms with E-state index in [0.29, 0.717) is 34.3 Å². The lowest BCUT2D eigenvalue weighted by Gasteiger charge is -2.34. The van der Waals surface area contributed by atoms with Crippen LogP contribution in [0.5, 0.6) is 28.7 Å². The molecular formula is C35H39N3O7. The first kappa shape index (κ1) is 30.2. The summed E-state index contributed by atoms with van der Waals surface area (Å²) in [5.41, 5.74) is 3.14. The second-order valence-electron chi connectivity index (χ2n) is 11.5. The van der Waals surface area contributed by atoms with Gasteiger partial charge in [0, 0.05) is 29.7 Å². The van der Waals surface area contributed by atoms with Gasteiger partial charge in [-0.1, -0.05) is 43.5 Å². The molecule has 2 amide bonds. The molecule has 4 aromatic rings. The number of hydrogen-bond acceptors (Lipinski definition) is 7. The Morgan fingerprint density at radius 1 is 0.933 bits per heavy atom. The summed E-state index contributed by atoms with van der Waals surface area (Å²) < 4.78 is 28.1. The lowest BCUT2D eigenvalue weighted by atomic mass is 9.94. The molecule has 1 aliphatic heterocycles. The van der Waals surface area contributed by atoms with Crippen molar-refractivity contribution in [3.63, 3.8) is 0 Å². The van der Waals surface area contributed by atoms with Gasteiger partial charge in [0.05, 0.1) is 27.8 Å². The van der Waals surface area contributed by atoms with Crippen molar-refractivity contribution in [1.82, 2.24) is 15.2 Å². The van der Waals surface area contributed by atoms with Crippen LogP contribution in [0.3, 0.4) is 0 Å². The zero-order valence-electron chi connectivity index (χ0n) is 25.9. The zero-order valence-corrected chi connectivity index (χ0v) is 25.9. The van der Waals surface area contributed by atoms with Gasteiger partial charge in [0.15, 0.2) is 23.0 Å². The van der Waals surface area contributed by atoms with Gasteiger partial charge < -0.3 is 38.9 Å². The number of nitrogens with one attached hydrogen (secondary N) is 2. The number of methoxy groups -OCH3 is 3. The Kier molecular flexibility index (Phi) is 9.00. The number of ether oxygens (including phenoxy) is 5. The normalized spacial score (nSPS) is 15.0. The Balaban J connectivity index is 1.44. The number of rotatable bonds is 11. The summed E-state index contributed by atoms with van der Waals surface area (Å²) in [7, 11) is 4.60. The van der Waals surface area contributed by atoms with E-state index in [-0.39, 0.29) is 37.6 Å². The third kappa shape index (κ3) is 6.36. The average molecular weight is 614 g/mol. The summed E-state index contributed by atoms with van der Waals surface area (Å²) in [6.45, 7) is 0.289. The van der Waals surface area contributed by atoms with E-state index in [0.717, 1.165) is 54.1 Å². The highest BCUT2D eigenvalue weighted by atomic mass is 16.7. The molecule has 0 spiro atoms. The minimum absolute atomic E-state index is 0.0342. The van der Waals surface area contributed by atoms with E-state index < -0.39 is 6.04 Å². The SMILES string of the molecule is COc1cc([C@@H](C(=O)NC2CCCCC2)N(Cc2ccc3c(c2)OCO3)C(=O)Cc2c[nH]c3ccccc23)cc(OC)c1OC. The maximum atomic E-state index is 14.5. The molecule has 2 aliphatic rings. The van der Waals surface area contributed by atoms with Crippen molar-refractivity contribution in [3.05, 3.63) is 77.5 Å². The maximum absolute atomic E-state index is 14.5. The Bertz CT molecular complexity index is 1650. The Morgan fingerprint density at radius 3 is 2.40 bits per heavy atom. The second-order valence-corrected chi connectivity index (χ2v) is 11.5. The van der Waals surface area contributed by atoms with Crippen LogP contribution < -0.4 is 29.0 Å². The first-order chi connectivity index (χ1) is 22.0. The van der Waals surface area contributed by atoms with Crippen LogP contribution >= 0.6 is 0 Å². The topological polar surface area (TPSA) is 111 Å². The van der Waals surface area contributed by atoms with Crippen LogP contribution in [0, 0.1) is 0 Å². The molecule has 1 saturated carbocycles. The van der Waals surface area contributed by atoms with Crippen LogP contribution in [0.1, 0.15) is 54.8 Å². The van der Waals surface area contributed by atoms with E-state index in [4.69, 9.17) is 23.7 Å². The van der Waals surface area contributed by atoms with E-state index in [1.165, 1.54) is 21.3 Å². The summed E-state index contributed by atoms with van der Waals surface area (Å²) in [4.78, 5) is 33.9. The number of amides is 2. The highest BCUT2D eigenvalue weighted by Crippen LogP contribution is 2.42. The highest BCUT2D eigenvalue weighted by Gasteiger charge is 2.35. The summed E-state index contributed by atoms with van der Waals surface area (Å²) in [5, 5.41) is 4.24. The third-order valence-corrected chi connectivity index (χ3v) is 8.64. The smallest absolute Gasteiger partial charge is 0.247 e. The van der Waals surface area contributed by atoms with E-state index in [1.54, 1.807) is 17.0 Å². The predicted molar refractivity (Wildman–Crippen MR) is 169 cm³/mol. The van der Waals surface area contributed by atoms with Gasteiger partial charge in [-0.15, -0.1) is 0 Å². The first-order valence-corrected chi connectivity index (χ1v) is 15.3. The standard InChI is InChI=1S/C35H39N3O7/c1-41-30-16-23(17-31(42-2)34(30)43-3)33(35(40)37-25-9-5-4-6-10-25)38(20-22-13-14-28-29(15-22)45-21-44-28)32(39)18-24-19-36-27-12-8-7-11-26(24)27/h7-8,11-17,19,25,33,36H,4-6,9-10,18,20-21H2,1-3H3,(H,37,40)/t33-/m0/s1. The van der Waals surface area contributed by atoms with Gasteiger partial charge in [-0.05, 0) is 59.9 Å². The number of H-pyrrole nitrogens is 1. The largest absolute Gasteiger partial charge is 0.493 e. The second kappa shape index (κ2) is 13.4. The molecule has 6 rings (SSSR count). The number of nitrogens with zero attached hydrogens (tertiary/aromatic N) is 1. The van der Waals surface area contributed by atoms with Gasteiger partial charge in [-0.3, -0.25) is 9.59 Å². The molecule has 2 N–H and O–H groups in total. The summed E-state index contributed by atoms with van der Waals surface area (Å²) >= 11 is 0. The van der Waals surface area contributed by atoms with E-state index in [1.807, 2.05) is 48.7 Å². The molecule has 1 aromatic heterocycles. The Morgan fingerprint density at radius 2 is 1.67 bits per heavy atom. The number of aromatic nitrogens is 1. The molecule has 3 aromatic carbocycles. The van der Waals surface area contributed by atoms with Crippen molar-refractivity contribution >= 4 is 22.7 Å². The predicted octanol–water partition coefficient (Wildman–Crippen LogP) is 5.68. The molecule has 1 atom stereocenters. The fourth-order valence-corrected chi connectivity index (χ4v) is 6.36. The van der Waals surface area contributed by atoms with Crippen molar-refractivity contribution in [3.8, 4) is 28.7 Å². The first-order valence-electron chi connectivity index (χ1n) is 15.3. The van der Waals surface area contributed by atoms with Gasteiger partial charge >= 0.3 is 0 Å². The number of para-hydroxylation sites is 1. The van der Waals surface area contributed by atoms with Gasteiger partial charge in [0.1, 0.15) is 6.04 Å². The molecule has 10 heteroatoms. The molecule has 1 aliphatic carbocycles. The number of fused-ring (bicyclic) bond motifs is 2. The van der Waals surface area contributed by atoms with Crippen molar-refractivity contribution in [2.24, 2.45) is 0 Å². The van der Waals surface area contributed by atoms with Crippen LogP contribution in [-0.2, 0) is 22.6 Å². The number of aromatic amines is 1. The average Bonchev–Trinajstić information content (AvgIpc) is 3.71. The Labute approximate surface area is 262 Å². The maximum Gasteiger partial charge on any atom is 0.247 e. The van der Waals surface area contributed by atoms with Crippen molar-refractivity contribution < 1.29 is 33.3 Å². The highest BCUT2D eigenvalue weighted by molar-refractivity contribution is 5.93. The number of benzene rings is 3. The minimum atomic E-state index is -0.997. The minimum Gasteiger partial charge on any atom is -0.493 e. The molecule has 0 saturated heterocycles. The van der Waals surface area contributed by atoms with Gasteiger partial charge in [-0.25, -0.2) is 0 Å². The molecule has 236 valence electrons. The monoisotopic (exact) mass is 613 g/mol. The van der Waals surface area contributed by atoms with Crippen LogP contribution in [0.15, 0.2) is 60.8 Å². The molecule has 0 unspecified atom stereocenters. The molecule has 45 heavy (non-hydrogen) atoms. The van der Waals surface area contributed by atoms with Crippen LogP contribution in [0.25, 0.3) is 10.9 Å².